The molecule has 148 valence electrons. The SMILES string of the molecule is Cc1cccc2c1sc1c(-c3cccc(-c4nnc(-c5ccccc5)o4)c3)cccc12. The highest BCUT2D eigenvalue weighted by atomic mass is 32.1. The zero-order valence-electron chi connectivity index (χ0n) is 16.9. The fourth-order valence-corrected chi connectivity index (χ4v) is 5.35. The van der Waals surface area contributed by atoms with E-state index in [-0.39, 0.29) is 0 Å². The van der Waals surface area contributed by atoms with Crippen LogP contribution in [0.15, 0.2) is 95.4 Å². The van der Waals surface area contributed by atoms with E-state index < -0.39 is 0 Å². The van der Waals surface area contributed by atoms with E-state index in [1.165, 1.54) is 31.3 Å². The highest BCUT2D eigenvalue weighted by Gasteiger charge is 2.14. The van der Waals surface area contributed by atoms with Crippen LogP contribution in [0.4, 0.5) is 0 Å². The van der Waals surface area contributed by atoms with Gasteiger partial charge in [0.05, 0.1) is 0 Å². The molecule has 4 aromatic carbocycles. The molecule has 0 fully saturated rings. The molecule has 0 saturated carbocycles. The minimum Gasteiger partial charge on any atom is -0.416 e. The van der Waals surface area contributed by atoms with Crippen molar-refractivity contribution in [3.63, 3.8) is 0 Å². The number of rotatable bonds is 3. The van der Waals surface area contributed by atoms with Crippen molar-refractivity contribution in [1.29, 1.82) is 0 Å². The number of aryl methyl sites for hydroxylation is 1. The Morgan fingerprint density at radius 3 is 2.10 bits per heavy atom. The van der Waals surface area contributed by atoms with Crippen LogP contribution in [-0.4, -0.2) is 10.2 Å². The Morgan fingerprint density at radius 1 is 0.613 bits per heavy atom. The van der Waals surface area contributed by atoms with Gasteiger partial charge in [0.15, 0.2) is 0 Å². The first-order chi connectivity index (χ1) is 15.3. The molecule has 0 atom stereocenters. The van der Waals surface area contributed by atoms with Gasteiger partial charge in [0, 0.05) is 31.3 Å². The first kappa shape index (κ1) is 18.0. The minimum atomic E-state index is 0.528. The second kappa shape index (κ2) is 7.18. The van der Waals surface area contributed by atoms with Crippen LogP contribution in [0.2, 0.25) is 0 Å². The monoisotopic (exact) mass is 418 g/mol. The summed E-state index contributed by atoms with van der Waals surface area (Å²) >= 11 is 1.86. The Labute approximate surface area is 183 Å². The maximum Gasteiger partial charge on any atom is 0.248 e. The third-order valence-electron chi connectivity index (χ3n) is 5.59. The maximum absolute atomic E-state index is 5.98. The molecule has 0 amide bonds. The van der Waals surface area contributed by atoms with Crippen molar-refractivity contribution >= 4 is 31.5 Å². The van der Waals surface area contributed by atoms with Crippen LogP contribution in [0, 0.1) is 6.92 Å². The van der Waals surface area contributed by atoms with Crippen LogP contribution in [0.25, 0.3) is 54.2 Å². The average Bonchev–Trinajstić information content (AvgIpc) is 3.46. The molecule has 6 rings (SSSR count). The van der Waals surface area contributed by atoms with E-state index in [1.54, 1.807) is 0 Å². The number of aromatic nitrogens is 2. The minimum absolute atomic E-state index is 0.528. The zero-order valence-corrected chi connectivity index (χ0v) is 17.7. The lowest BCUT2D eigenvalue weighted by Gasteiger charge is -2.05. The highest BCUT2D eigenvalue weighted by molar-refractivity contribution is 7.26. The Kier molecular flexibility index (Phi) is 4.18. The largest absolute Gasteiger partial charge is 0.416 e. The van der Waals surface area contributed by atoms with Crippen LogP contribution in [0.5, 0.6) is 0 Å². The summed E-state index contributed by atoms with van der Waals surface area (Å²) in [6, 6.07) is 31.3. The van der Waals surface area contributed by atoms with E-state index in [2.05, 4.69) is 71.7 Å². The highest BCUT2D eigenvalue weighted by Crippen LogP contribution is 2.41. The van der Waals surface area contributed by atoms with Crippen LogP contribution in [0.1, 0.15) is 5.56 Å². The molecule has 0 aliphatic carbocycles. The second-order valence-electron chi connectivity index (χ2n) is 7.60. The van der Waals surface area contributed by atoms with Gasteiger partial charge < -0.3 is 4.42 Å². The summed E-state index contributed by atoms with van der Waals surface area (Å²) in [6.07, 6.45) is 0. The summed E-state index contributed by atoms with van der Waals surface area (Å²) in [5, 5.41) is 11.2. The van der Waals surface area contributed by atoms with E-state index in [9.17, 15) is 0 Å². The molecular formula is C27H18N2OS. The predicted molar refractivity (Wildman–Crippen MR) is 128 cm³/mol. The van der Waals surface area contributed by atoms with Gasteiger partial charge in [-0.1, -0.05) is 66.7 Å². The fourth-order valence-electron chi connectivity index (χ4n) is 4.05. The molecule has 0 saturated heterocycles. The van der Waals surface area contributed by atoms with Crippen molar-refractivity contribution in [3.8, 4) is 34.0 Å². The maximum atomic E-state index is 5.98. The third-order valence-corrected chi connectivity index (χ3v) is 6.98. The summed E-state index contributed by atoms with van der Waals surface area (Å²) in [7, 11) is 0. The average molecular weight is 419 g/mol. The Hall–Kier alpha value is -3.76. The van der Waals surface area contributed by atoms with Gasteiger partial charge in [-0.15, -0.1) is 21.5 Å². The van der Waals surface area contributed by atoms with Crippen LogP contribution < -0.4 is 0 Å². The Morgan fingerprint density at radius 2 is 1.26 bits per heavy atom. The van der Waals surface area contributed by atoms with Gasteiger partial charge in [-0.2, -0.15) is 0 Å². The van der Waals surface area contributed by atoms with Gasteiger partial charge in [-0.25, -0.2) is 0 Å². The zero-order chi connectivity index (χ0) is 20.8. The summed E-state index contributed by atoms with van der Waals surface area (Å²) in [6.45, 7) is 2.18. The first-order valence-electron chi connectivity index (χ1n) is 10.2. The van der Waals surface area contributed by atoms with Gasteiger partial charge >= 0.3 is 0 Å². The summed E-state index contributed by atoms with van der Waals surface area (Å²) < 4.78 is 8.64. The van der Waals surface area contributed by atoms with Crippen molar-refractivity contribution in [2.75, 3.05) is 0 Å². The van der Waals surface area contributed by atoms with E-state index in [1.807, 2.05) is 47.7 Å². The number of fused-ring (bicyclic) bond motifs is 3. The third kappa shape index (κ3) is 3.04. The van der Waals surface area contributed by atoms with Gasteiger partial charge in [-0.3, -0.25) is 0 Å². The molecule has 2 aromatic heterocycles. The molecule has 0 aliphatic heterocycles. The molecule has 31 heavy (non-hydrogen) atoms. The molecule has 0 N–H and O–H groups in total. The summed E-state index contributed by atoms with van der Waals surface area (Å²) in [4.78, 5) is 0. The van der Waals surface area contributed by atoms with Crippen molar-refractivity contribution in [3.05, 3.63) is 96.6 Å². The lowest BCUT2D eigenvalue weighted by molar-refractivity contribution is 0.584. The molecule has 6 aromatic rings. The topological polar surface area (TPSA) is 38.9 Å². The van der Waals surface area contributed by atoms with E-state index in [0.29, 0.717) is 11.8 Å². The van der Waals surface area contributed by atoms with Crippen molar-refractivity contribution in [2.45, 2.75) is 6.92 Å². The normalized spacial score (nSPS) is 11.4. The van der Waals surface area contributed by atoms with Crippen LogP contribution in [0.3, 0.4) is 0 Å². The molecule has 4 heteroatoms. The molecule has 0 unspecified atom stereocenters. The standard InChI is InChI=1S/C27H18N2OS/c1-17-8-5-14-22-23-15-7-13-21(25(23)31-24(17)22)19-11-6-12-20(16-19)27-29-28-26(30-27)18-9-3-2-4-10-18/h2-16H,1H3. The second-order valence-corrected chi connectivity index (χ2v) is 8.62. The van der Waals surface area contributed by atoms with Gasteiger partial charge in [0.25, 0.3) is 0 Å². The van der Waals surface area contributed by atoms with E-state index in [4.69, 9.17) is 4.42 Å². The van der Waals surface area contributed by atoms with Crippen molar-refractivity contribution < 1.29 is 4.42 Å². The number of nitrogens with zero attached hydrogens (tertiary/aromatic N) is 2. The fraction of sp³-hybridized carbons (Fsp3) is 0.0370. The first-order valence-corrected chi connectivity index (χ1v) is 11.0. The number of benzene rings is 4. The van der Waals surface area contributed by atoms with Gasteiger partial charge in [0.1, 0.15) is 0 Å². The van der Waals surface area contributed by atoms with Crippen molar-refractivity contribution in [2.24, 2.45) is 0 Å². The number of hydrogen-bond donors (Lipinski definition) is 0. The van der Waals surface area contributed by atoms with Gasteiger partial charge in [0.2, 0.25) is 11.8 Å². The predicted octanol–water partition coefficient (Wildman–Crippen LogP) is 7.75. The number of hydrogen-bond acceptors (Lipinski definition) is 4. The summed E-state index contributed by atoms with van der Waals surface area (Å²) in [5.41, 5.74) is 5.52. The molecule has 0 radical (unpaired) electrons. The van der Waals surface area contributed by atoms with E-state index >= 15 is 0 Å². The van der Waals surface area contributed by atoms with Crippen molar-refractivity contribution in [1.82, 2.24) is 10.2 Å². The molecule has 0 spiro atoms. The van der Waals surface area contributed by atoms with Gasteiger partial charge in [-0.05, 0) is 47.9 Å². The molecule has 0 aliphatic rings. The Bertz CT molecular complexity index is 1550. The Balaban J connectivity index is 1.47. The summed E-state index contributed by atoms with van der Waals surface area (Å²) in [5.74, 6) is 1.06. The molecule has 2 heterocycles. The quantitative estimate of drug-likeness (QED) is 0.295. The number of thiophene rings is 1. The lowest BCUT2D eigenvalue weighted by Crippen LogP contribution is -1.82. The smallest absolute Gasteiger partial charge is 0.248 e. The molecule has 0 bridgehead atoms. The van der Waals surface area contributed by atoms with Crippen LogP contribution in [-0.2, 0) is 0 Å². The van der Waals surface area contributed by atoms with Crippen LogP contribution >= 0.6 is 11.3 Å². The van der Waals surface area contributed by atoms with E-state index in [0.717, 1.165) is 16.7 Å². The molecular weight excluding hydrogens is 400 g/mol. The lowest BCUT2D eigenvalue weighted by atomic mass is 10.0. The molecule has 3 nitrogen and oxygen atoms in total.